The molecule has 1 aliphatic heterocycles. The van der Waals surface area contributed by atoms with Gasteiger partial charge in [0, 0.05) is 38.3 Å². The van der Waals surface area contributed by atoms with Gasteiger partial charge in [-0.3, -0.25) is 4.79 Å². The van der Waals surface area contributed by atoms with Gasteiger partial charge in [0.05, 0.1) is 13.5 Å². The maximum atomic E-state index is 12.5. The van der Waals surface area contributed by atoms with E-state index in [4.69, 9.17) is 9.47 Å². The summed E-state index contributed by atoms with van der Waals surface area (Å²) < 4.78 is 11.0. The molecule has 3 rings (SSSR count). The van der Waals surface area contributed by atoms with Crippen molar-refractivity contribution in [2.75, 3.05) is 20.2 Å². The highest BCUT2D eigenvalue weighted by molar-refractivity contribution is 5.79. The van der Waals surface area contributed by atoms with E-state index in [0.717, 1.165) is 24.2 Å². The van der Waals surface area contributed by atoms with Crippen molar-refractivity contribution in [2.24, 2.45) is 0 Å². The summed E-state index contributed by atoms with van der Waals surface area (Å²) >= 11 is 0. The second-order valence-electron chi connectivity index (χ2n) is 5.76. The van der Waals surface area contributed by atoms with Crippen LogP contribution in [0.4, 0.5) is 0 Å². The molecule has 0 unspecified atom stereocenters. The van der Waals surface area contributed by atoms with E-state index < -0.39 is 0 Å². The van der Waals surface area contributed by atoms with Crippen molar-refractivity contribution in [1.82, 2.24) is 14.9 Å². The van der Waals surface area contributed by atoms with Crippen LogP contribution in [0, 0.1) is 0 Å². The van der Waals surface area contributed by atoms with Crippen LogP contribution in [-0.2, 0) is 11.2 Å². The lowest BCUT2D eigenvalue weighted by atomic mass is 10.1. The van der Waals surface area contributed by atoms with Crippen LogP contribution in [0.3, 0.4) is 0 Å². The van der Waals surface area contributed by atoms with Crippen LogP contribution in [0.15, 0.2) is 42.7 Å². The summed E-state index contributed by atoms with van der Waals surface area (Å²) in [6, 6.07) is 9.79. The molecule has 1 aliphatic rings. The first-order valence-corrected chi connectivity index (χ1v) is 8.09. The summed E-state index contributed by atoms with van der Waals surface area (Å²) in [5.74, 6) is 0.910. The number of carbonyl (C=O) groups is 1. The zero-order valence-electron chi connectivity index (χ0n) is 13.7. The Labute approximate surface area is 141 Å². The largest absolute Gasteiger partial charge is 0.497 e. The predicted octanol–water partition coefficient (Wildman–Crippen LogP) is 2.10. The number of amides is 1. The maximum Gasteiger partial charge on any atom is 0.316 e. The van der Waals surface area contributed by atoms with Gasteiger partial charge >= 0.3 is 6.01 Å². The number of likely N-dealkylation sites (tertiary alicyclic amines) is 1. The van der Waals surface area contributed by atoms with Gasteiger partial charge in [-0.1, -0.05) is 12.1 Å². The third-order valence-electron chi connectivity index (χ3n) is 4.10. The molecule has 126 valence electrons. The van der Waals surface area contributed by atoms with Gasteiger partial charge in [0.15, 0.2) is 0 Å². The molecule has 1 amide bonds. The molecule has 0 saturated carbocycles. The van der Waals surface area contributed by atoms with Crippen LogP contribution in [-0.4, -0.2) is 47.1 Å². The molecular formula is C18H21N3O3. The molecule has 24 heavy (non-hydrogen) atoms. The molecule has 6 heteroatoms. The highest BCUT2D eigenvalue weighted by Crippen LogP contribution is 2.18. The Bertz CT molecular complexity index is 670. The number of carbonyl (C=O) groups excluding carboxylic acids is 1. The number of rotatable bonds is 5. The third kappa shape index (κ3) is 4.22. The molecule has 2 aromatic rings. The van der Waals surface area contributed by atoms with Crippen LogP contribution in [0.5, 0.6) is 11.8 Å². The van der Waals surface area contributed by atoms with E-state index >= 15 is 0 Å². The molecular weight excluding hydrogens is 306 g/mol. The second-order valence-corrected chi connectivity index (χ2v) is 5.76. The Morgan fingerprint density at radius 1 is 1.21 bits per heavy atom. The van der Waals surface area contributed by atoms with Crippen LogP contribution in [0.2, 0.25) is 0 Å². The first-order valence-electron chi connectivity index (χ1n) is 8.09. The van der Waals surface area contributed by atoms with Gasteiger partial charge in [0.1, 0.15) is 11.9 Å². The van der Waals surface area contributed by atoms with E-state index in [1.54, 1.807) is 25.6 Å². The van der Waals surface area contributed by atoms with Gasteiger partial charge in [-0.15, -0.1) is 0 Å². The highest BCUT2D eigenvalue weighted by Gasteiger charge is 2.24. The molecule has 0 N–H and O–H groups in total. The summed E-state index contributed by atoms with van der Waals surface area (Å²) in [4.78, 5) is 22.5. The van der Waals surface area contributed by atoms with Crippen molar-refractivity contribution < 1.29 is 14.3 Å². The Kier molecular flexibility index (Phi) is 5.25. The number of hydrogen-bond donors (Lipinski definition) is 0. The first-order chi connectivity index (χ1) is 11.7. The minimum absolute atomic E-state index is 0.0632. The fraction of sp³-hybridized carbons (Fsp3) is 0.389. The van der Waals surface area contributed by atoms with Crippen LogP contribution in [0.1, 0.15) is 18.4 Å². The molecule has 6 nitrogen and oxygen atoms in total. The van der Waals surface area contributed by atoms with E-state index in [2.05, 4.69) is 9.97 Å². The van der Waals surface area contributed by atoms with Crippen molar-refractivity contribution in [1.29, 1.82) is 0 Å². The molecule has 0 atom stereocenters. The van der Waals surface area contributed by atoms with Crippen molar-refractivity contribution in [2.45, 2.75) is 25.4 Å². The summed E-state index contributed by atoms with van der Waals surface area (Å²) in [6.07, 6.45) is 5.37. The minimum Gasteiger partial charge on any atom is -0.497 e. The normalized spacial score (nSPS) is 15.1. The van der Waals surface area contributed by atoms with E-state index in [9.17, 15) is 4.79 Å². The van der Waals surface area contributed by atoms with Gasteiger partial charge in [-0.05, 0) is 23.8 Å². The summed E-state index contributed by atoms with van der Waals surface area (Å²) in [5.41, 5.74) is 0.968. The molecule has 1 fully saturated rings. The molecule has 0 bridgehead atoms. The molecule has 0 radical (unpaired) electrons. The molecule has 1 aromatic carbocycles. The van der Waals surface area contributed by atoms with Gasteiger partial charge in [0.2, 0.25) is 5.91 Å². The lowest BCUT2D eigenvalue weighted by molar-refractivity contribution is -0.132. The fourth-order valence-electron chi connectivity index (χ4n) is 2.79. The van der Waals surface area contributed by atoms with E-state index in [-0.39, 0.29) is 12.0 Å². The molecule has 1 aromatic heterocycles. The van der Waals surface area contributed by atoms with E-state index in [0.29, 0.717) is 25.5 Å². The van der Waals surface area contributed by atoms with Crippen LogP contribution < -0.4 is 9.47 Å². The predicted molar refractivity (Wildman–Crippen MR) is 89.0 cm³/mol. The Morgan fingerprint density at radius 3 is 2.67 bits per heavy atom. The lowest BCUT2D eigenvalue weighted by Gasteiger charge is -2.31. The van der Waals surface area contributed by atoms with Gasteiger partial charge in [-0.2, -0.15) is 0 Å². The summed E-state index contributed by atoms with van der Waals surface area (Å²) in [7, 11) is 1.63. The van der Waals surface area contributed by atoms with Crippen molar-refractivity contribution in [3.8, 4) is 11.8 Å². The molecule has 2 heterocycles. The minimum atomic E-state index is 0.0632. The van der Waals surface area contributed by atoms with E-state index in [1.165, 1.54) is 0 Å². The second kappa shape index (κ2) is 7.77. The molecule has 0 spiro atoms. The number of hydrogen-bond acceptors (Lipinski definition) is 5. The zero-order chi connectivity index (χ0) is 16.8. The van der Waals surface area contributed by atoms with Crippen molar-refractivity contribution >= 4 is 5.91 Å². The number of aromatic nitrogens is 2. The summed E-state index contributed by atoms with van der Waals surface area (Å²) in [5, 5.41) is 0. The number of methoxy groups -OCH3 is 1. The lowest BCUT2D eigenvalue weighted by Crippen LogP contribution is -2.42. The topological polar surface area (TPSA) is 64.5 Å². The van der Waals surface area contributed by atoms with Gasteiger partial charge in [-0.25, -0.2) is 9.97 Å². The van der Waals surface area contributed by atoms with Crippen LogP contribution in [0.25, 0.3) is 0 Å². The van der Waals surface area contributed by atoms with Crippen LogP contribution >= 0.6 is 0 Å². The molecule has 0 aliphatic carbocycles. The quantitative estimate of drug-likeness (QED) is 0.841. The van der Waals surface area contributed by atoms with Crippen molar-refractivity contribution in [3.63, 3.8) is 0 Å². The zero-order valence-corrected chi connectivity index (χ0v) is 13.7. The average molecular weight is 327 g/mol. The van der Waals surface area contributed by atoms with Crippen molar-refractivity contribution in [3.05, 3.63) is 48.3 Å². The fourth-order valence-corrected chi connectivity index (χ4v) is 2.79. The number of ether oxygens (including phenoxy) is 2. The Hall–Kier alpha value is -2.63. The molecule has 1 saturated heterocycles. The highest BCUT2D eigenvalue weighted by atomic mass is 16.5. The van der Waals surface area contributed by atoms with E-state index in [1.807, 2.05) is 29.2 Å². The monoisotopic (exact) mass is 327 g/mol. The average Bonchev–Trinajstić information content (AvgIpc) is 2.63. The number of piperidine rings is 1. The number of nitrogens with zero attached hydrogens (tertiary/aromatic N) is 3. The first kappa shape index (κ1) is 16.2. The Balaban J connectivity index is 1.49. The van der Waals surface area contributed by atoms with Gasteiger partial charge in [0.25, 0.3) is 0 Å². The third-order valence-corrected chi connectivity index (χ3v) is 4.10. The summed E-state index contributed by atoms with van der Waals surface area (Å²) in [6.45, 7) is 1.39. The Morgan fingerprint density at radius 2 is 1.96 bits per heavy atom. The van der Waals surface area contributed by atoms with Gasteiger partial charge < -0.3 is 14.4 Å². The number of benzene rings is 1. The smallest absolute Gasteiger partial charge is 0.316 e. The standard InChI is InChI=1S/C18H21N3O3/c1-23-16-5-2-4-14(12-16)13-17(22)21-10-6-15(7-11-21)24-18-19-8-3-9-20-18/h2-5,8-9,12,15H,6-7,10-11,13H2,1H3. The SMILES string of the molecule is COc1cccc(CC(=O)N2CCC(Oc3ncccn3)CC2)c1. The maximum absolute atomic E-state index is 12.5.